The zero-order valence-electron chi connectivity index (χ0n) is 14.9. The molecule has 0 amide bonds. The molecule has 0 unspecified atom stereocenters. The van der Waals surface area contributed by atoms with E-state index in [4.69, 9.17) is 10.5 Å². The molecule has 4 rings (SSSR count). The molecule has 4 aromatic heterocycles. The van der Waals surface area contributed by atoms with Gasteiger partial charge in [0.05, 0.1) is 31.2 Å². The molecule has 0 fully saturated rings. The molecule has 0 aliphatic carbocycles. The normalized spacial score (nSPS) is 11.1. The van der Waals surface area contributed by atoms with Crippen LogP contribution in [0.15, 0.2) is 49.3 Å². The lowest BCUT2D eigenvalue weighted by Gasteiger charge is -2.09. The van der Waals surface area contributed by atoms with Gasteiger partial charge in [0.2, 0.25) is 0 Å². The Bertz CT molecular complexity index is 1050. The molecule has 9 heteroatoms. The predicted octanol–water partition coefficient (Wildman–Crippen LogP) is 1.83. The minimum absolute atomic E-state index is 0.356. The third-order valence-electron chi connectivity index (χ3n) is 4.16. The minimum atomic E-state index is 0.356. The van der Waals surface area contributed by atoms with E-state index in [2.05, 4.69) is 25.4 Å². The molecule has 0 radical (unpaired) electrons. The first-order valence-electron chi connectivity index (χ1n) is 8.52. The molecule has 138 valence electrons. The van der Waals surface area contributed by atoms with Gasteiger partial charge in [-0.25, -0.2) is 15.0 Å². The Morgan fingerprint density at radius 3 is 3.00 bits per heavy atom. The van der Waals surface area contributed by atoms with E-state index in [1.165, 1.54) is 0 Å². The molecular formula is C18H20N8O. The topological polar surface area (TPSA) is 108 Å². The van der Waals surface area contributed by atoms with Gasteiger partial charge in [-0.15, -0.1) is 0 Å². The maximum Gasteiger partial charge on any atom is 0.169 e. The van der Waals surface area contributed by atoms with Crippen LogP contribution in [0.1, 0.15) is 5.56 Å². The molecule has 9 nitrogen and oxygen atoms in total. The van der Waals surface area contributed by atoms with Crippen molar-refractivity contribution in [2.75, 3.05) is 24.8 Å². The van der Waals surface area contributed by atoms with Crippen molar-refractivity contribution in [3.8, 4) is 11.3 Å². The van der Waals surface area contributed by atoms with Gasteiger partial charge in [0.15, 0.2) is 11.6 Å². The van der Waals surface area contributed by atoms with Crippen LogP contribution in [-0.4, -0.2) is 42.8 Å². The fraction of sp³-hybridized carbons (Fsp3) is 0.222. The molecule has 0 bridgehead atoms. The van der Waals surface area contributed by atoms with Crippen LogP contribution in [0.5, 0.6) is 0 Å². The summed E-state index contributed by atoms with van der Waals surface area (Å²) in [5, 5.41) is 7.57. The van der Waals surface area contributed by atoms with Gasteiger partial charge in [-0.3, -0.25) is 4.68 Å². The first kappa shape index (κ1) is 17.0. The number of nitrogens with two attached hydrogens (primary N) is 1. The average molecular weight is 364 g/mol. The van der Waals surface area contributed by atoms with E-state index < -0.39 is 0 Å². The van der Waals surface area contributed by atoms with Gasteiger partial charge in [0.25, 0.3) is 0 Å². The summed E-state index contributed by atoms with van der Waals surface area (Å²) in [5.41, 5.74) is 9.56. The Morgan fingerprint density at radius 1 is 1.19 bits per heavy atom. The molecule has 0 spiro atoms. The van der Waals surface area contributed by atoms with Crippen LogP contribution in [-0.2, 0) is 17.8 Å². The van der Waals surface area contributed by atoms with Crippen molar-refractivity contribution in [1.82, 2.24) is 29.1 Å². The summed E-state index contributed by atoms with van der Waals surface area (Å²) in [6.45, 7) is 1.85. The smallest absolute Gasteiger partial charge is 0.169 e. The highest BCUT2D eigenvalue weighted by molar-refractivity contribution is 5.64. The van der Waals surface area contributed by atoms with E-state index in [9.17, 15) is 0 Å². The zero-order valence-corrected chi connectivity index (χ0v) is 14.9. The number of nitrogen functional groups attached to an aromatic ring is 1. The zero-order chi connectivity index (χ0) is 18.6. The summed E-state index contributed by atoms with van der Waals surface area (Å²) < 4.78 is 8.85. The summed E-state index contributed by atoms with van der Waals surface area (Å²) in [5.74, 6) is 0.900. The quantitative estimate of drug-likeness (QED) is 0.515. The van der Waals surface area contributed by atoms with Crippen molar-refractivity contribution in [3.63, 3.8) is 0 Å². The fourth-order valence-corrected chi connectivity index (χ4v) is 2.73. The van der Waals surface area contributed by atoms with Crippen molar-refractivity contribution < 1.29 is 4.74 Å². The Morgan fingerprint density at radius 2 is 2.11 bits per heavy atom. The molecule has 3 N–H and O–H groups in total. The van der Waals surface area contributed by atoms with Crippen molar-refractivity contribution in [2.45, 2.75) is 13.1 Å². The SMILES string of the molecule is COCCn1cc(-c2cnc(N)c(NCc3ccc4nccn4c3)n2)cn1. The molecule has 0 aliphatic rings. The summed E-state index contributed by atoms with van der Waals surface area (Å²) in [6.07, 6.45) is 11.0. The number of hydrogen-bond donors (Lipinski definition) is 2. The summed E-state index contributed by atoms with van der Waals surface area (Å²) in [7, 11) is 1.67. The Kier molecular flexibility index (Phi) is 4.67. The van der Waals surface area contributed by atoms with E-state index in [1.807, 2.05) is 39.8 Å². The second-order valence-corrected chi connectivity index (χ2v) is 6.06. The molecule has 0 atom stereocenters. The van der Waals surface area contributed by atoms with Crippen LogP contribution < -0.4 is 11.1 Å². The monoisotopic (exact) mass is 364 g/mol. The molecule has 0 saturated heterocycles. The molecule has 27 heavy (non-hydrogen) atoms. The number of nitrogens with one attached hydrogen (secondary N) is 1. The van der Waals surface area contributed by atoms with Crippen molar-refractivity contribution in [1.29, 1.82) is 0 Å². The molecule has 4 heterocycles. The lowest BCUT2D eigenvalue weighted by Crippen LogP contribution is -2.07. The van der Waals surface area contributed by atoms with E-state index in [0.29, 0.717) is 37.0 Å². The van der Waals surface area contributed by atoms with Gasteiger partial charge < -0.3 is 20.2 Å². The second kappa shape index (κ2) is 7.42. The van der Waals surface area contributed by atoms with Crippen LogP contribution in [0.3, 0.4) is 0 Å². The lowest BCUT2D eigenvalue weighted by atomic mass is 10.2. The van der Waals surface area contributed by atoms with Gasteiger partial charge in [-0.05, 0) is 11.6 Å². The maximum atomic E-state index is 5.99. The van der Waals surface area contributed by atoms with Gasteiger partial charge in [0.1, 0.15) is 5.65 Å². The van der Waals surface area contributed by atoms with Crippen molar-refractivity contribution >= 4 is 17.3 Å². The minimum Gasteiger partial charge on any atom is -0.383 e. The largest absolute Gasteiger partial charge is 0.383 e. The van der Waals surface area contributed by atoms with E-state index in [1.54, 1.807) is 25.7 Å². The number of ether oxygens (including phenoxy) is 1. The molecule has 4 aromatic rings. The number of fused-ring (bicyclic) bond motifs is 1. The van der Waals surface area contributed by atoms with E-state index in [0.717, 1.165) is 16.8 Å². The highest BCUT2D eigenvalue weighted by Gasteiger charge is 2.09. The Labute approximate surface area is 155 Å². The number of methoxy groups -OCH3 is 1. The van der Waals surface area contributed by atoms with Crippen LogP contribution in [0.2, 0.25) is 0 Å². The highest BCUT2D eigenvalue weighted by atomic mass is 16.5. The van der Waals surface area contributed by atoms with Gasteiger partial charge in [0, 0.05) is 44.0 Å². The standard InChI is InChI=1S/C18H20N8O/c1-27-7-6-26-12-14(9-23-26)15-10-21-17(19)18(24-15)22-8-13-2-3-16-20-4-5-25(16)11-13/h2-5,9-12H,6-8H2,1H3,(H2,19,21)(H,22,24). The summed E-state index contributed by atoms with van der Waals surface area (Å²) in [6, 6.07) is 3.99. The molecule has 0 aromatic carbocycles. The first-order valence-corrected chi connectivity index (χ1v) is 8.52. The molecule has 0 aliphatic heterocycles. The highest BCUT2D eigenvalue weighted by Crippen LogP contribution is 2.21. The molecular weight excluding hydrogens is 344 g/mol. The number of nitrogens with zero attached hydrogens (tertiary/aromatic N) is 6. The third kappa shape index (κ3) is 3.72. The van der Waals surface area contributed by atoms with Crippen LogP contribution in [0.4, 0.5) is 11.6 Å². The van der Waals surface area contributed by atoms with Gasteiger partial charge in [-0.1, -0.05) is 6.07 Å². The van der Waals surface area contributed by atoms with Crippen molar-refractivity contribution in [2.24, 2.45) is 0 Å². The lowest BCUT2D eigenvalue weighted by molar-refractivity contribution is 0.183. The maximum absolute atomic E-state index is 5.99. The van der Waals surface area contributed by atoms with Gasteiger partial charge in [-0.2, -0.15) is 5.10 Å². The third-order valence-corrected chi connectivity index (χ3v) is 4.16. The number of aromatic nitrogens is 6. The predicted molar refractivity (Wildman–Crippen MR) is 102 cm³/mol. The first-order chi connectivity index (χ1) is 13.2. The van der Waals surface area contributed by atoms with E-state index in [-0.39, 0.29) is 0 Å². The van der Waals surface area contributed by atoms with Crippen molar-refractivity contribution in [3.05, 3.63) is 54.9 Å². The molecule has 0 saturated carbocycles. The number of imidazole rings is 1. The van der Waals surface area contributed by atoms with Crippen LogP contribution >= 0.6 is 0 Å². The average Bonchev–Trinajstić information content (AvgIpc) is 3.34. The van der Waals surface area contributed by atoms with Crippen LogP contribution in [0.25, 0.3) is 16.9 Å². The fourth-order valence-electron chi connectivity index (χ4n) is 2.73. The van der Waals surface area contributed by atoms with Crippen LogP contribution in [0, 0.1) is 0 Å². The Hall–Kier alpha value is -3.46. The Balaban J connectivity index is 1.50. The number of hydrogen-bond acceptors (Lipinski definition) is 7. The summed E-state index contributed by atoms with van der Waals surface area (Å²) in [4.78, 5) is 13.1. The number of anilines is 2. The second-order valence-electron chi connectivity index (χ2n) is 6.06. The van der Waals surface area contributed by atoms with E-state index >= 15 is 0 Å². The van der Waals surface area contributed by atoms with Gasteiger partial charge >= 0.3 is 0 Å². The number of rotatable bonds is 7. The summed E-state index contributed by atoms with van der Waals surface area (Å²) >= 11 is 0. The number of pyridine rings is 1.